The zero-order valence-electron chi connectivity index (χ0n) is 12.3. The molecule has 0 bridgehead atoms. The Labute approximate surface area is 125 Å². The summed E-state index contributed by atoms with van der Waals surface area (Å²) in [5, 5.41) is 10.6. The van der Waals surface area contributed by atoms with Crippen LogP contribution in [0.1, 0.15) is 42.3 Å². The van der Waals surface area contributed by atoms with Crippen molar-refractivity contribution in [2.24, 2.45) is 0 Å². The van der Waals surface area contributed by atoms with Crippen molar-refractivity contribution in [1.29, 1.82) is 0 Å². The van der Waals surface area contributed by atoms with E-state index in [4.69, 9.17) is 4.74 Å². The SMILES string of the molecule is C\C=C/C=C\C(=C/CC)C(O)C1OC(=O)c2ccccc21. The van der Waals surface area contributed by atoms with Crippen molar-refractivity contribution >= 4 is 5.97 Å². The minimum atomic E-state index is -0.862. The molecule has 110 valence electrons. The highest BCUT2D eigenvalue weighted by molar-refractivity contribution is 5.94. The molecule has 1 aliphatic heterocycles. The highest BCUT2D eigenvalue weighted by Gasteiger charge is 2.36. The average molecular weight is 284 g/mol. The van der Waals surface area contributed by atoms with E-state index in [9.17, 15) is 9.90 Å². The van der Waals surface area contributed by atoms with Gasteiger partial charge in [-0.1, -0.05) is 55.5 Å². The zero-order chi connectivity index (χ0) is 15.2. The predicted octanol–water partition coefficient (Wildman–Crippen LogP) is 3.73. The molecular weight excluding hydrogens is 264 g/mol. The summed E-state index contributed by atoms with van der Waals surface area (Å²) in [6.45, 7) is 3.93. The van der Waals surface area contributed by atoms with Crippen LogP contribution < -0.4 is 0 Å². The second kappa shape index (κ2) is 7.04. The standard InChI is InChI=1S/C18H20O3/c1-3-5-6-10-13(9-4-2)16(19)17-14-11-7-8-12-15(14)18(20)21-17/h3,5-12,16-17,19H,4H2,1-2H3/b5-3-,10-6-,13-9+. The van der Waals surface area contributed by atoms with Gasteiger partial charge in [-0.25, -0.2) is 4.79 Å². The van der Waals surface area contributed by atoms with Crippen LogP contribution >= 0.6 is 0 Å². The Morgan fingerprint density at radius 2 is 2.14 bits per heavy atom. The van der Waals surface area contributed by atoms with Gasteiger partial charge in [-0.2, -0.15) is 0 Å². The lowest BCUT2D eigenvalue weighted by molar-refractivity contribution is 0.00358. The number of hydrogen-bond acceptors (Lipinski definition) is 3. The number of hydrogen-bond donors (Lipinski definition) is 1. The maximum Gasteiger partial charge on any atom is 0.339 e. The molecule has 21 heavy (non-hydrogen) atoms. The lowest BCUT2D eigenvalue weighted by atomic mass is 9.96. The number of aliphatic hydroxyl groups is 1. The summed E-state index contributed by atoms with van der Waals surface area (Å²) in [7, 11) is 0. The first-order valence-electron chi connectivity index (χ1n) is 7.16. The largest absolute Gasteiger partial charge is 0.451 e. The molecule has 1 aliphatic rings. The van der Waals surface area contributed by atoms with Crippen molar-refractivity contribution in [2.45, 2.75) is 32.5 Å². The molecule has 1 N–H and O–H groups in total. The summed E-state index contributed by atoms with van der Waals surface area (Å²) in [6, 6.07) is 7.19. The topological polar surface area (TPSA) is 46.5 Å². The highest BCUT2D eigenvalue weighted by atomic mass is 16.6. The van der Waals surface area contributed by atoms with Crippen LogP contribution in [0.5, 0.6) is 0 Å². The molecule has 2 rings (SSSR count). The van der Waals surface area contributed by atoms with Gasteiger partial charge in [0.05, 0.1) is 5.56 Å². The third-order valence-electron chi connectivity index (χ3n) is 3.38. The second-order valence-corrected chi connectivity index (χ2v) is 4.86. The van der Waals surface area contributed by atoms with Crippen LogP contribution in [0.2, 0.25) is 0 Å². The Kier molecular flexibility index (Phi) is 5.12. The first-order valence-corrected chi connectivity index (χ1v) is 7.16. The molecule has 0 fully saturated rings. The Balaban J connectivity index is 2.28. The normalized spacial score (nSPS) is 20.0. The molecule has 0 amide bonds. The van der Waals surface area contributed by atoms with Crippen LogP contribution in [0.3, 0.4) is 0 Å². The van der Waals surface area contributed by atoms with E-state index in [1.807, 2.05) is 56.4 Å². The van der Waals surface area contributed by atoms with E-state index >= 15 is 0 Å². The maximum absolute atomic E-state index is 11.8. The second-order valence-electron chi connectivity index (χ2n) is 4.86. The van der Waals surface area contributed by atoms with Gasteiger partial charge in [0.1, 0.15) is 6.10 Å². The van der Waals surface area contributed by atoms with E-state index < -0.39 is 12.2 Å². The number of aliphatic hydroxyl groups excluding tert-OH is 1. The molecule has 0 saturated heterocycles. The van der Waals surface area contributed by atoms with E-state index in [0.717, 1.165) is 17.6 Å². The molecule has 0 radical (unpaired) electrons. The summed E-state index contributed by atoms with van der Waals surface area (Å²) < 4.78 is 5.35. The number of carbonyl (C=O) groups is 1. The molecule has 0 aromatic heterocycles. The quantitative estimate of drug-likeness (QED) is 0.662. The number of benzene rings is 1. The van der Waals surface area contributed by atoms with Crippen molar-refractivity contribution in [2.75, 3.05) is 0 Å². The van der Waals surface area contributed by atoms with Crippen molar-refractivity contribution in [1.82, 2.24) is 0 Å². The van der Waals surface area contributed by atoms with Gasteiger partial charge in [0, 0.05) is 5.56 Å². The number of rotatable bonds is 5. The maximum atomic E-state index is 11.8. The third kappa shape index (κ3) is 3.31. The molecule has 3 nitrogen and oxygen atoms in total. The van der Waals surface area contributed by atoms with Crippen molar-refractivity contribution in [3.8, 4) is 0 Å². The Bertz CT molecular complexity index is 596. The van der Waals surface area contributed by atoms with Crippen LogP contribution in [-0.4, -0.2) is 17.2 Å². The fraction of sp³-hybridized carbons (Fsp3) is 0.278. The van der Waals surface area contributed by atoms with Gasteiger partial charge in [-0.15, -0.1) is 0 Å². The summed E-state index contributed by atoms with van der Waals surface area (Å²) in [5.74, 6) is -0.372. The van der Waals surface area contributed by atoms with Crippen LogP contribution in [0.15, 0.2) is 60.2 Å². The van der Waals surface area contributed by atoms with E-state index in [2.05, 4.69) is 0 Å². The third-order valence-corrected chi connectivity index (χ3v) is 3.38. The van der Waals surface area contributed by atoms with Gasteiger partial charge in [0.2, 0.25) is 0 Å². The number of carbonyl (C=O) groups excluding carboxylic acids is 1. The van der Waals surface area contributed by atoms with E-state index in [0.29, 0.717) is 5.56 Å². The molecular formula is C18H20O3. The van der Waals surface area contributed by atoms with Gasteiger partial charge in [0.25, 0.3) is 0 Å². The lowest BCUT2D eigenvalue weighted by Gasteiger charge is -2.19. The van der Waals surface area contributed by atoms with Gasteiger partial charge < -0.3 is 9.84 Å². The Morgan fingerprint density at radius 3 is 2.86 bits per heavy atom. The van der Waals surface area contributed by atoms with E-state index in [1.165, 1.54) is 0 Å². The average Bonchev–Trinajstić information content (AvgIpc) is 2.84. The molecule has 1 aromatic rings. The minimum absolute atomic E-state index is 0.372. The zero-order valence-corrected chi connectivity index (χ0v) is 12.3. The van der Waals surface area contributed by atoms with E-state index in [1.54, 1.807) is 12.1 Å². The van der Waals surface area contributed by atoms with Crippen LogP contribution in [-0.2, 0) is 4.74 Å². The molecule has 1 heterocycles. The minimum Gasteiger partial charge on any atom is -0.451 e. The number of fused-ring (bicyclic) bond motifs is 1. The van der Waals surface area contributed by atoms with Crippen molar-refractivity contribution < 1.29 is 14.6 Å². The van der Waals surface area contributed by atoms with Gasteiger partial charge >= 0.3 is 5.97 Å². The summed E-state index contributed by atoms with van der Waals surface area (Å²) in [6.07, 6.45) is 8.77. The van der Waals surface area contributed by atoms with Gasteiger partial charge in [-0.05, 0) is 25.0 Å². The first kappa shape index (κ1) is 15.3. The van der Waals surface area contributed by atoms with Crippen LogP contribution in [0, 0.1) is 0 Å². The fourth-order valence-corrected chi connectivity index (χ4v) is 2.38. The molecule has 2 atom stereocenters. The van der Waals surface area contributed by atoms with Gasteiger partial charge in [0.15, 0.2) is 6.10 Å². The highest BCUT2D eigenvalue weighted by Crippen LogP contribution is 2.35. The summed E-state index contributed by atoms with van der Waals surface area (Å²) in [4.78, 5) is 11.8. The number of cyclic esters (lactones) is 1. The lowest BCUT2D eigenvalue weighted by Crippen LogP contribution is -2.20. The molecule has 0 saturated carbocycles. The van der Waals surface area contributed by atoms with E-state index in [-0.39, 0.29) is 5.97 Å². The first-order chi connectivity index (χ1) is 10.2. The number of ether oxygens (including phenoxy) is 1. The van der Waals surface area contributed by atoms with Crippen LogP contribution in [0.4, 0.5) is 0 Å². The Hall–Kier alpha value is -2.13. The number of allylic oxidation sites excluding steroid dienone is 4. The molecule has 0 aliphatic carbocycles. The molecule has 2 unspecified atom stereocenters. The number of esters is 1. The van der Waals surface area contributed by atoms with Crippen molar-refractivity contribution in [3.63, 3.8) is 0 Å². The van der Waals surface area contributed by atoms with Gasteiger partial charge in [-0.3, -0.25) is 0 Å². The predicted molar refractivity (Wildman–Crippen MR) is 82.9 cm³/mol. The fourth-order valence-electron chi connectivity index (χ4n) is 2.38. The summed E-state index contributed by atoms with van der Waals surface area (Å²) >= 11 is 0. The smallest absolute Gasteiger partial charge is 0.339 e. The molecule has 3 heteroatoms. The van der Waals surface area contributed by atoms with Crippen molar-refractivity contribution in [3.05, 3.63) is 71.3 Å². The monoisotopic (exact) mass is 284 g/mol. The molecule has 1 aromatic carbocycles. The van der Waals surface area contributed by atoms with Crippen LogP contribution in [0.25, 0.3) is 0 Å². The summed E-state index contributed by atoms with van der Waals surface area (Å²) in [5.41, 5.74) is 2.04. The Morgan fingerprint density at radius 1 is 1.38 bits per heavy atom. The molecule has 0 spiro atoms.